The molecule has 7 nitrogen and oxygen atoms in total. The van der Waals surface area contributed by atoms with E-state index in [-0.39, 0.29) is 23.6 Å². The van der Waals surface area contributed by atoms with Crippen molar-refractivity contribution in [3.05, 3.63) is 58.8 Å². The lowest BCUT2D eigenvalue weighted by atomic mass is 9.89. The summed E-state index contributed by atoms with van der Waals surface area (Å²) < 4.78 is 12.4. The Kier molecular flexibility index (Phi) is 4.28. The lowest BCUT2D eigenvalue weighted by molar-refractivity contribution is 0.0760. The molecule has 0 spiro atoms. The lowest BCUT2D eigenvalue weighted by Gasteiger charge is -2.38. The highest BCUT2D eigenvalue weighted by atomic mass is 16.5. The Morgan fingerprint density at radius 2 is 2.04 bits per heavy atom. The average molecular weight is 355 g/mol. The number of benzene rings is 1. The van der Waals surface area contributed by atoms with Crippen molar-refractivity contribution in [3.8, 4) is 0 Å². The maximum absolute atomic E-state index is 12.2. The molecule has 2 atom stereocenters. The number of nitrogens with one attached hydrogen (secondary N) is 1. The number of fused-ring (bicyclic) bond motifs is 1. The molecule has 7 heteroatoms. The minimum Gasteiger partial charge on any atom is -0.453 e. The molecular weight excluding hydrogens is 334 g/mol. The molecule has 0 radical (unpaired) electrons. The summed E-state index contributed by atoms with van der Waals surface area (Å²) in [6.45, 7) is 1.23. The van der Waals surface area contributed by atoms with Crippen LogP contribution < -0.4 is 5.56 Å². The number of H-pyrrole nitrogens is 1. The second-order valence-corrected chi connectivity index (χ2v) is 6.74. The third-order valence-electron chi connectivity index (χ3n) is 5.10. The molecule has 0 saturated carbocycles. The first-order valence-electron chi connectivity index (χ1n) is 8.71. The van der Waals surface area contributed by atoms with Gasteiger partial charge in [0.15, 0.2) is 0 Å². The number of nitrogens with zero attached hydrogens (tertiary/aromatic N) is 2. The number of carbonyl (C=O) groups excluding carboxylic acids is 1. The van der Waals surface area contributed by atoms with Crippen LogP contribution in [0.5, 0.6) is 0 Å². The van der Waals surface area contributed by atoms with E-state index in [0.717, 1.165) is 6.42 Å². The zero-order chi connectivity index (χ0) is 18.1. The van der Waals surface area contributed by atoms with E-state index in [1.807, 2.05) is 12.1 Å². The summed E-state index contributed by atoms with van der Waals surface area (Å²) in [5, 5.41) is 4.69. The number of carbonyl (C=O) groups is 1. The molecule has 1 saturated heterocycles. The molecule has 4 rings (SSSR count). The van der Waals surface area contributed by atoms with Gasteiger partial charge in [-0.1, -0.05) is 24.3 Å². The largest absolute Gasteiger partial charge is 0.453 e. The smallest absolute Gasteiger partial charge is 0.409 e. The van der Waals surface area contributed by atoms with Gasteiger partial charge in [0.25, 0.3) is 5.56 Å². The van der Waals surface area contributed by atoms with Gasteiger partial charge in [-0.25, -0.2) is 4.79 Å². The maximum Gasteiger partial charge on any atom is 0.409 e. The van der Waals surface area contributed by atoms with E-state index < -0.39 is 0 Å². The SMILES string of the molecule is COC(=O)N1CCC(c2cc(=O)[nH]o2)CC1Cn1cc2ccccc2c1. The number of aromatic amines is 1. The molecule has 3 heterocycles. The van der Waals surface area contributed by atoms with Crippen LogP contribution in [0.15, 0.2) is 52.0 Å². The van der Waals surface area contributed by atoms with Crippen LogP contribution in [0.2, 0.25) is 0 Å². The van der Waals surface area contributed by atoms with Crippen LogP contribution in [-0.4, -0.2) is 40.4 Å². The Morgan fingerprint density at radius 3 is 2.65 bits per heavy atom. The summed E-state index contributed by atoms with van der Waals surface area (Å²) in [7, 11) is 1.40. The first kappa shape index (κ1) is 16.5. The Bertz CT molecular complexity index is 937. The van der Waals surface area contributed by atoms with Crippen molar-refractivity contribution >= 4 is 16.9 Å². The molecule has 0 aliphatic carbocycles. The molecule has 1 aliphatic heterocycles. The molecule has 3 aromatic rings. The molecule has 26 heavy (non-hydrogen) atoms. The molecule has 1 aromatic carbocycles. The number of likely N-dealkylation sites (tertiary alicyclic amines) is 1. The van der Waals surface area contributed by atoms with Gasteiger partial charge in [0.1, 0.15) is 5.76 Å². The monoisotopic (exact) mass is 355 g/mol. The van der Waals surface area contributed by atoms with Gasteiger partial charge in [-0.15, -0.1) is 0 Å². The number of aromatic nitrogens is 2. The van der Waals surface area contributed by atoms with Gasteiger partial charge in [0, 0.05) is 37.5 Å². The van der Waals surface area contributed by atoms with Crippen molar-refractivity contribution in [1.82, 2.24) is 14.6 Å². The van der Waals surface area contributed by atoms with Crippen LogP contribution in [0.4, 0.5) is 4.79 Å². The van der Waals surface area contributed by atoms with Crippen LogP contribution in [0.3, 0.4) is 0 Å². The number of methoxy groups -OCH3 is 1. The summed E-state index contributed by atoms with van der Waals surface area (Å²) in [6, 6.07) is 9.63. The molecule has 2 aromatic heterocycles. The van der Waals surface area contributed by atoms with Gasteiger partial charge in [-0.3, -0.25) is 4.79 Å². The standard InChI is InChI=1S/C19H21N3O4/c1-25-19(24)22-7-6-13(17-9-18(23)20-26-17)8-16(22)12-21-10-14-4-2-3-5-15(14)11-21/h2-5,9-11,13,16H,6-8,12H2,1H3,(H,20,23). The van der Waals surface area contributed by atoms with Crippen molar-refractivity contribution in [2.75, 3.05) is 13.7 Å². The maximum atomic E-state index is 12.2. The summed E-state index contributed by atoms with van der Waals surface area (Å²) in [6.07, 6.45) is 5.31. The van der Waals surface area contributed by atoms with E-state index in [2.05, 4.69) is 34.3 Å². The molecule has 1 fully saturated rings. The zero-order valence-corrected chi connectivity index (χ0v) is 14.6. The minimum atomic E-state index is -0.319. The Labute approximate surface area is 150 Å². The topological polar surface area (TPSA) is 80.5 Å². The van der Waals surface area contributed by atoms with E-state index >= 15 is 0 Å². The first-order valence-corrected chi connectivity index (χ1v) is 8.71. The third kappa shape index (κ3) is 3.12. The van der Waals surface area contributed by atoms with Gasteiger partial charge in [0.2, 0.25) is 0 Å². The fourth-order valence-corrected chi connectivity index (χ4v) is 3.83. The molecular formula is C19H21N3O4. The van der Waals surface area contributed by atoms with Crippen LogP contribution in [0.1, 0.15) is 24.5 Å². The van der Waals surface area contributed by atoms with Crippen molar-refractivity contribution in [3.63, 3.8) is 0 Å². The van der Waals surface area contributed by atoms with Crippen molar-refractivity contribution < 1.29 is 14.1 Å². The second kappa shape index (κ2) is 6.74. The average Bonchev–Trinajstić information content (AvgIpc) is 3.26. The molecule has 2 unspecified atom stereocenters. The first-order chi connectivity index (χ1) is 12.6. The molecule has 1 amide bonds. The Hall–Kier alpha value is -2.96. The van der Waals surface area contributed by atoms with Crippen molar-refractivity contribution in [1.29, 1.82) is 0 Å². The fourth-order valence-electron chi connectivity index (χ4n) is 3.83. The Balaban J connectivity index is 1.59. The summed E-state index contributed by atoms with van der Waals surface area (Å²) in [5.74, 6) is 0.756. The van der Waals surface area contributed by atoms with Gasteiger partial charge in [-0.05, 0) is 23.6 Å². The van der Waals surface area contributed by atoms with Gasteiger partial charge in [0.05, 0.1) is 13.2 Å². The number of rotatable bonds is 3. The second-order valence-electron chi connectivity index (χ2n) is 6.74. The predicted molar refractivity (Wildman–Crippen MR) is 96.1 cm³/mol. The van der Waals surface area contributed by atoms with Crippen molar-refractivity contribution in [2.24, 2.45) is 0 Å². The highest BCUT2D eigenvalue weighted by Gasteiger charge is 2.34. The summed E-state index contributed by atoms with van der Waals surface area (Å²) in [5.41, 5.74) is -0.233. The normalized spacial score (nSPS) is 20.4. The van der Waals surface area contributed by atoms with Gasteiger partial charge < -0.3 is 18.7 Å². The molecule has 1 aliphatic rings. The summed E-state index contributed by atoms with van der Waals surface area (Å²) >= 11 is 0. The van der Waals surface area contributed by atoms with E-state index in [0.29, 0.717) is 25.3 Å². The van der Waals surface area contributed by atoms with Gasteiger partial charge >= 0.3 is 6.09 Å². The third-order valence-corrected chi connectivity index (χ3v) is 5.10. The predicted octanol–water partition coefficient (Wildman–Crippen LogP) is 2.94. The quantitative estimate of drug-likeness (QED) is 0.783. The van der Waals surface area contributed by atoms with Crippen LogP contribution in [0.25, 0.3) is 10.8 Å². The zero-order valence-electron chi connectivity index (χ0n) is 14.6. The van der Waals surface area contributed by atoms with E-state index in [4.69, 9.17) is 9.26 Å². The number of ether oxygens (including phenoxy) is 1. The van der Waals surface area contributed by atoms with Crippen LogP contribution in [0, 0.1) is 0 Å². The minimum absolute atomic E-state index is 0.0387. The molecule has 136 valence electrons. The fraction of sp³-hybridized carbons (Fsp3) is 0.368. The number of amides is 1. The highest BCUT2D eigenvalue weighted by molar-refractivity contribution is 5.82. The van der Waals surface area contributed by atoms with Crippen LogP contribution >= 0.6 is 0 Å². The molecule has 1 N–H and O–H groups in total. The number of piperidine rings is 1. The van der Waals surface area contributed by atoms with Crippen LogP contribution in [-0.2, 0) is 11.3 Å². The van der Waals surface area contributed by atoms with E-state index in [1.54, 1.807) is 4.90 Å². The number of hydrogen-bond donors (Lipinski definition) is 1. The highest BCUT2D eigenvalue weighted by Crippen LogP contribution is 2.32. The van der Waals surface area contributed by atoms with E-state index in [9.17, 15) is 9.59 Å². The van der Waals surface area contributed by atoms with Crippen molar-refractivity contribution in [2.45, 2.75) is 31.3 Å². The van der Waals surface area contributed by atoms with E-state index in [1.165, 1.54) is 23.9 Å². The lowest BCUT2D eigenvalue weighted by Crippen LogP contribution is -2.47. The van der Waals surface area contributed by atoms with Gasteiger partial charge in [-0.2, -0.15) is 5.16 Å². The summed E-state index contributed by atoms with van der Waals surface area (Å²) in [4.78, 5) is 25.4. The Morgan fingerprint density at radius 1 is 1.31 bits per heavy atom. The molecule has 0 bridgehead atoms. The number of hydrogen-bond acceptors (Lipinski definition) is 4.